The molecule has 1 aliphatic rings. The van der Waals surface area contributed by atoms with Gasteiger partial charge in [0.2, 0.25) is 11.8 Å². The molecule has 1 atom stereocenters. The first-order valence-electron chi connectivity index (χ1n) is 10.5. The van der Waals surface area contributed by atoms with E-state index in [1.165, 1.54) is 5.56 Å². The quantitative estimate of drug-likeness (QED) is 0.681. The standard InChI is InChI=1S/C24H31N3O3/c1-19(24(29)27-14-12-26(13-15-27)20(2)28)25-23-10-6-9-22(17-23)18-30-16-11-21-7-4-3-5-8-21/h3-10,17,19,25H,11-16,18H2,1-2H3. The molecule has 0 aromatic heterocycles. The van der Waals surface area contributed by atoms with Gasteiger partial charge in [0.25, 0.3) is 0 Å². The van der Waals surface area contributed by atoms with Crippen molar-refractivity contribution >= 4 is 17.5 Å². The summed E-state index contributed by atoms with van der Waals surface area (Å²) in [4.78, 5) is 27.8. The Balaban J connectivity index is 1.44. The van der Waals surface area contributed by atoms with Crippen LogP contribution in [0.4, 0.5) is 5.69 Å². The predicted octanol–water partition coefficient (Wildman–Crippen LogP) is 2.94. The second-order valence-electron chi connectivity index (χ2n) is 7.69. The minimum atomic E-state index is -0.330. The summed E-state index contributed by atoms with van der Waals surface area (Å²) in [6.07, 6.45) is 0.890. The maximum Gasteiger partial charge on any atom is 0.244 e. The largest absolute Gasteiger partial charge is 0.376 e. The molecule has 160 valence electrons. The number of piperazine rings is 1. The van der Waals surface area contributed by atoms with Crippen LogP contribution in [-0.4, -0.2) is 60.4 Å². The van der Waals surface area contributed by atoms with Crippen molar-refractivity contribution < 1.29 is 14.3 Å². The van der Waals surface area contributed by atoms with Gasteiger partial charge in [-0.15, -0.1) is 0 Å². The number of nitrogens with zero attached hydrogens (tertiary/aromatic N) is 2. The first-order chi connectivity index (χ1) is 14.5. The normalized spacial score (nSPS) is 15.0. The molecule has 1 aliphatic heterocycles. The molecule has 6 heteroatoms. The van der Waals surface area contributed by atoms with E-state index in [-0.39, 0.29) is 17.9 Å². The summed E-state index contributed by atoms with van der Waals surface area (Å²) in [7, 11) is 0. The zero-order chi connectivity index (χ0) is 21.3. The van der Waals surface area contributed by atoms with E-state index in [9.17, 15) is 9.59 Å². The third kappa shape index (κ3) is 6.32. The molecular formula is C24H31N3O3. The topological polar surface area (TPSA) is 61.9 Å². The van der Waals surface area contributed by atoms with E-state index >= 15 is 0 Å². The lowest BCUT2D eigenvalue weighted by Gasteiger charge is -2.35. The molecule has 1 unspecified atom stereocenters. The average molecular weight is 410 g/mol. The van der Waals surface area contributed by atoms with Crippen LogP contribution in [0.25, 0.3) is 0 Å². The van der Waals surface area contributed by atoms with Gasteiger partial charge in [-0.25, -0.2) is 0 Å². The van der Waals surface area contributed by atoms with Gasteiger partial charge in [-0.05, 0) is 36.6 Å². The molecule has 0 radical (unpaired) electrons. The molecule has 2 aromatic carbocycles. The van der Waals surface area contributed by atoms with Crippen molar-refractivity contribution in [3.8, 4) is 0 Å². The lowest BCUT2D eigenvalue weighted by atomic mass is 10.1. The summed E-state index contributed by atoms with van der Waals surface area (Å²) >= 11 is 0. The van der Waals surface area contributed by atoms with Crippen LogP contribution in [0.15, 0.2) is 54.6 Å². The highest BCUT2D eigenvalue weighted by Crippen LogP contribution is 2.14. The van der Waals surface area contributed by atoms with Crippen molar-refractivity contribution in [2.24, 2.45) is 0 Å². The van der Waals surface area contributed by atoms with Crippen molar-refractivity contribution in [3.05, 3.63) is 65.7 Å². The molecule has 0 saturated carbocycles. The second-order valence-corrected chi connectivity index (χ2v) is 7.69. The number of hydrogen-bond donors (Lipinski definition) is 1. The fourth-order valence-electron chi connectivity index (χ4n) is 3.60. The molecule has 1 heterocycles. The van der Waals surface area contributed by atoms with Gasteiger partial charge < -0.3 is 19.9 Å². The Kier molecular flexibility index (Phi) is 7.85. The lowest BCUT2D eigenvalue weighted by molar-refractivity contribution is -0.138. The molecule has 1 N–H and O–H groups in total. The van der Waals surface area contributed by atoms with Crippen molar-refractivity contribution in [1.82, 2.24) is 9.80 Å². The van der Waals surface area contributed by atoms with Crippen LogP contribution >= 0.6 is 0 Å². The molecule has 1 saturated heterocycles. The Morgan fingerprint density at radius 3 is 2.33 bits per heavy atom. The number of benzene rings is 2. The molecule has 0 spiro atoms. The van der Waals surface area contributed by atoms with Gasteiger partial charge >= 0.3 is 0 Å². The van der Waals surface area contributed by atoms with E-state index in [1.54, 1.807) is 11.8 Å². The lowest BCUT2D eigenvalue weighted by Crippen LogP contribution is -2.53. The van der Waals surface area contributed by atoms with Crippen LogP contribution in [-0.2, 0) is 27.4 Å². The SMILES string of the molecule is CC(=O)N1CCN(C(=O)C(C)Nc2cccc(COCCc3ccccc3)c2)CC1. The van der Waals surface area contributed by atoms with Gasteiger partial charge in [-0.3, -0.25) is 9.59 Å². The summed E-state index contributed by atoms with van der Waals surface area (Å²) in [6, 6.07) is 18.0. The summed E-state index contributed by atoms with van der Waals surface area (Å²) in [5.74, 6) is 0.124. The Hall–Kier alpha value is -2.86. The fraction of sp³-hybridized carbons (Fsp3) is 0.417. The van der Waals surface area contributed by atoms with E-state index in [2.05, 4.69) is 17.4 Å². The second kappa shape index (κ2) is 10.8. The molecule has 0 bridgehead atoms. The number of ether oxygens (including phenoxy) is 1. The predicted molar refractivity (Wildman–Crippen MR) is 118 cm³/mol. The van der Waals surface area contributed by atoms with Crippen molar-refractivity contribution in [1.29, 1.82) is 0 Å². The maximum atomic E-state index is 12.7. The zero-order valence-electron chi connectivity index (χ0n) is 17.8. The molecule has 1 fully saturated rings. The van der Waals surface area contributed by atoms with Gasteiger partial charge in [0.05, 0.1) is 13.2 Å². The number of anilines is 1. The number of hydrogen-bond acceptors (Lipinski definition) is 4. The summed E-state index contributed by atoms with van der Waals surface area (Å²) in [5, 5.41) is 3.30. The van der Waals surface area contributed by atoms with E-state index in [0.29, 0.717) is 39.4 Å². The van der Waals surface area contributed by atoms with Crippen LogP contribution < -0.4 is 5.32 Å². The Bertz CT molecular complexity index is 833. The van der Waals surface area contributed by atoms with Crippen LogP contribution in [0.3, 0.4) is 0 Å². The zero-order valence-corrected chi connectivity index (χ0v) is 17.8. The minimum absolute atomic E-state index is 0.0581. The molecule has 2 amide bonds. The van der Waals surface area contributed by atoms with Gasteiger partial charge in [-0.1, -0.05) is 42.5 Å². The fourth-order valence-corrected chi connectivity index (χ4v) is 3.60. The summed E-state index contributed by atoms with van der Waals surface area (Å²) in [6.45, 7) is 7.02. The monoisotopic (exact) mass is 409 g/mol. The highest BCUT2D eigenvalue weighted by molar-refractivity contribution is 5.84. The Morgan fingerprint density at radius 2 is 1.63 bits per heavy atom. The summed E-state index contributed by atoms with van der Waals surface area (Å²) < 4.78 is 5.82. The van der Waals surface area contributed by atoms with Crippen LogP contribution in [0, 0.1) is 0 Å². The molecule has 30 heavy (non-hydrogen) atoms. The van der Waals surface area contributed by atoms with Gasteiger partial charge in [0.1, 0.15) is 6.04 Å². The number of carbonyl (C=O) groups is 2. The van der Waals surface area contributed by atoms with E-state index in [4.69, 9.17) is 4.74 Å². The van der Waals surface area contributed by atoms with E-state index in [1.807, 2.05) is 54.3 Å². The van der Waals surface area contributed by atoms with Crippen molar-refractivity contribution in [2.75, 3.05) is 38.1 Å². The molecule has 6 nitrogen and oxygen atoms in total. The summed E-state index contributed by atoms with van der Waals surface area (Å²) in [5.41, 5.74) is 3.24. The number of rotatable bonds is 8. The highest BCUT2D eigenvalue weighted by Gasteiger charge is 2.25. The smallest absolute Gasteiger partial charge is 0.244 e. The van der Waals surface area contributed by atoms with Gasteiger partial charge in [0, 0.05) is 38.8 Å². The molecule has 2 aromatic rings. The Labute approximate surface area is 178 Å². The van der Waals surface area contributed by atoms with Crippen LogP contribution in [0.5, 0.6) is 0 Å². The van der Waals surface area contributed by atoms with Gasteiger partial charge in [-0.2, -0.15) is 0 Å². The van der Waals surface area contributed by atoms with Crippen LogP contribution in [0.2, 0.25) is 0 Å². The van der Waals surface area contributed by atoms with Gasteiger partial charge in [0.15, 0.2) is 0 Å². The molecule has 3 rings (SSSR count). The first-order valence-corrected chi connectivity index (χ1v) is 10.5. The third-order valence-corrected chi connectivity index (χ3v) is 5.36. The van der Waals surface area contributed by atoms with Crippen molar-refractivity contribution in [2.45, 2.75) is 32.9 Å². The third-order valence-electron chi connectivity index (χ3n) is 5.36. The van der Waals surface area contributed by atoms with Crippen LogP contribution in [0.1, 0.15) is 25.0 Å². The number of nitrogens with one attached hydrogen (secondary N) is 1. The van der Waals surface area contributed by atoms with Crippen molar-refractivity contribution in [3.63, 3.8) is 0 Å². The average Bonchev–Trinajstić information content (AvgIpc) is 2.77. The molecule has 0 aliphatic carbocycles. The number of amides is 2. The highest BCUT2D eigenvalue weighted by atomic mass is 16.5. The minimum Gasteiger partial charge on any atom is -0.376 e. The first kappa shape index (κ1) is 21.8. The Morgan fingerprint density at radius 1 is 0.967 bits per heavy atom. The van der Waals surface area contributed by atoms with E-state index in [0.717, 1.165) is 17.7 Å². The van der Waals surface area contributed by atoms with E-state index < -0.39 is 0 Å². The number of carbonyl (C=O) groups excluding carboxylic acids is 2. The molecular weight excluding hydrogens is 378 g/mol. The maximum absolute atomic E-state index is 12.7.